The van der Waals surface area contributed by atoms with Gasteiger partial charge in [-0.05, 0) is 43.3 Å². The van der Waals surface area contributed by atoms with Crippen LogP contribution in [0.15, 0.2) is 58.5 Å². The minimum atomic E-state index is -0.587. The average molecular weight is 379 g/mol. The first-order chi connectivity index (χ1) is 12.2. The van der Waals surface area contributed by atoms with Gasteiger partial charge in [0.05, 0.1) is 19.4 Å². The number of nitrogens with one attached hydrogen (secondary N) is 1. The molecule has 0 aliphatic rings. The smallest absolute Gasteiger partial charge is 0.427 e. The molecule has 0 radical (unpaired) electrons. The van der Waals surface area contributed by atoms with Gasteiger partial charge in [0.1, 0.15) is 5.75 Å². The number of ether oxygens (including phenoxy) is 2. The SMILES string of the molecule is CCOC(=O)N/N=C/c1ccccc1OCCSc1ccc(Cl)cc1. The number of hydrogen-bond acceptors (Lipinski definition) is 5. The molecule has 0 aromatic heterocycles. The number of halogens is 1. The van der Waals surface area contributed by atoms with Crippen molar-refractivity contribution in [3.63, 3.8) is 0 Å². The van der Waals surface area contributed by atoms with Gasteiger partial charge in [-0.25, -0.2) is 10.2 Å². The second-order valence-corrected chi connectivity index (χ2v) is 6.38. The van der Waals surface area contributed by atoms with Crippen LogP contribution in [0, 0.1) is 0 Å². The van der Waals surface area contributed by atoms with E-state index in [0.717, 1.165) is 21.2 Å². The maximum atomic E-state index is 11.2. The number of rotatable bonds is 8. The van der Waals surface area contributed by atoms with Crippen molar-refractivity contribution in [3.8, 4) is 5.75 Å². The molecule has 0 aliphatic carbocycles. The number of hydrazone groups is 1. The van der Waals surface area contributed by atoms with E-state index in [4.69, 9.17) is 21.1 Å². The van der Waals surface area contributed by atoms with Gasteiger partial charge in [-0.1, -0.05) is 23.7 Å². The van der Waals surface area contributed by atoms with Crippen molar-refractivity contribution in [1.82, 2.24) is 5.43 Å². The molecule has 0 bridgehead atoms. The molecular formula is C18H19ClN2O3S. The van der Waals surface area contributed by atoms with Crippen LogP contribution in [-0.2, 0) is 4.74 Å². The van der Waals surface area contributed by atoms with E-state index in [1.807, 2.05) is 48.5 Å². The monoisotopic (exact) mass is 378 g/mol. The van der Waals surface area contributed by atoms with Crippen molar-refractivity contribution >= 4 is 35.7 Å². The first kappa shape index (κ1) is 19.1. The second-order valence-electron chi connectivity index (χ2n) is 4.78. The van der Waals surface area contributed by atoms with Gasteiger partial charge in [0.2, 0.25) is 0 Å². The summed E-state index contributed by atoms with van der Waals surface area (Å²) in [6.45, 7) is 2.57. The number of carbonyl (C=O) groups excluding carboxylic acids is 1. The highest BCUT2D eigenvalue weighted by atomic mass is 35.5. The molecule has 5 nitrogen and oxygen atoms in total. The fourth-order valence-corrected chi connectivity index (χ4v) is 2.74. The summed E-state index contributed by atoms with van der Waals surface area (Å²) >= 11 is 7.56. The van der Waals surface area contributed by atoms with Crippen LogP contribution in [0.4, 0.5) is 4.79 Å². The lowest BCUT2D eigenvalue weighted by Crippen LogP contribution is -2.18. The number of benzene rings is 2. The summed E-state index contributed by atoms with van der Waals surface area (Å²) < 4.78 is 10.5. The van der Waals surface area contributed by atoms with Crippen molar-refractivity contribution in [2.45, 2.75) is 11.8 Å². The molecule has 132 valence electrons. The lowest BCUT2D eigenvalue weighted by Gasteiger charge is -2.09. The fourth-order valence-electron chi connectivity index (χ4n) is 1.88. The largest absolute Gasteiger partial charge is 0.492 e. The Hall–Kier alpha value is -2.18. The summed E-state index contributed by atoms with van der Waals surface area (Å²) in [5.74, 6) is 1.50. The summed E-state index contributed by atoms with van der Waals surface area (Å²) in [4.78, 5) is 12.3. The minimum Gasteiger partial charge on any atom is -0.492 e. The van der Waals surface area contributed by atoms with E-state index < -0.39 is 6.09 Å². The van der Waals surface area contributed by atoms with Crippen LogP contribution in [-0.4, -0.2) is 31.3 Å². The first-order valence-corrected chi connectivity index (χ1v) is 9.11. The van der Waals surface area contributed by atoms with Gasteiger partial charge in [-0.3, -0.25) is 0 Å². The van der Waals surface area contributed by atoms with E-state index in [0.29, 0.717) is 19.0 Å². The minimum absolute atomic E-state index is 0.298. The molecule has 0 saturated carbocycles. The lowest BCUT2D eigenvalue weighted by molar-refractivity contribution is 0.152. The van der Waals surface area contributed by atoms with Crippen molar-refractivity contribution in [2.24, 2.45) is 5.10 Å². The van der Waals surface area contributed by atoms with Gasteiger partial charge >= 0.3 is 6.09 Å². The Morgan fingerprint density at radius 3 is 2.76 bits per heavy atom. The van der Waals surface area contributed by atoms with Gasteiger partial charge in [-0.15, -0.1) is 11.8 Å². The van der Waals surface area contributed by atoms with Crippen LogP contribution in [0.2, 0.25) is 5.02 Å². The predicted octanol–water partition coefficient (Wildman–Crippen LogP) is 4.59. The Labute approximate surface area is 156 Å². The number of carbonyl (C=O) groups is 1. The summed E-state index contributed by atoms with van der Waals surface area (Å²) in [6.07, 6.45) is 0.940. The van der Waals surface area contributed by atoms with Crippen molar-refractivity contribution < 1.29 is 14.3 Å². The summed E-state index contributed by atoms with van der Waals surface area (Å²) in [5, 5.41) is 4.58. The number of hydrogen-bond donors (Lipinski definition) is 1. The summed E-state index contributed by atoms with van der Waals surface area (Å²) in [6, 6.07) is 15.2. The predicted molar refractivity (Wildman–Crippen MR) is 102 cm³/mol. The molecule has 0 saturated heterocycles. The molecule has 1 amide bonds. The van der Waals surface area contributed by atoms with Crippen LogP contribution in [0.25, 0.3) is 0 Å². The zero-order valence-electron chi connectivity index (χ0n) is 13.8. The van der Waals surface area contributed by atoms with Crippen LogP contribution in [0.5, 0.6) is 5.75 Å². The molecule has 0 aliphatic heterocycles. The van der Waals surface area contributed by atoms with Gasteiger partial charge < -0.3 is 9.47 Å². The standard InChI is InChI=1S/C18H19ClN2O3S/c1-2-23-18(22)21-20-13-14-5-3-4-6-17(14)24-11-12-25-16-9-7-15(19)8-10-16/h3-10,13H,2,11-12H2,1H3,(H,21,22)/b20-13+. The zero-order chi connectivity index (χ0) is 17.9. The Bertz CT molecular complexity index is 708. The molecule has 7 heteroatoms. The molecule has 25 heavy (non-hydrogen) atoms. The van der Waals surface area contributed by atoms with E-state index in [1.54, 1.807) is 18.7 Å². The fraction of sp³-hybridized carbons (Fsp3) is 0.222. The van der Waals surface area contributed by atoms with Crippen molar-refractivity contribution in [2.75, 3.05) is 19.0 Å². The molecule has 0 heterocycles. The number of nitrogens with zero attached hydrogens (tertiary/aromatic N) is 1. The highest BCUT2D eigenvalue weighted by Crippen LogP contribution is 2.21. The van der Waals surface area contributed by atoms with E-state index in [2.05, 4.69) is 10.5 Å². The Morgan fingerprint density at radius 2 is 2.00 bits per heavy atom. The molecule has 1 N–H and O–H groups in total. The number of amides is 1. The van der Waals surface area contributed by atoms with Gasteiger partial charge in [0, 0.05) is 21.2 Å². The van der Waals surface area contributed by atoms with E-state index in [1.165, 1.54) is 6.21 Å². The molecular weight excluding hydrogens is 360 g/mol. The zero-order valence-corrected chi connectivity index (χ0v) is 15.3. The van der Waals surface area contributed by atoms with Gasteiger partial charge in [0.15, 0.2) is 0 Å². The topological polar surface area (TPSA) is 59.9 Å². The lowest BCUT2D eigenvalue weighted by atomic mass is 10.2. The molecule has 2 rings (SSSR count). The first-order valence-electron chi connectivity index (χ1n) is 7.75. The van der Waals surface area contributed by atoms with E-state index >= 15 is 0 Å². The third kappa shape index (κ3) is 7.07. The molecule has 0 fully saturated rings. The molecule has 2 aromatic rings. The maximum Gasteiger partial charge on any atom is 0.427 e. The van der Waals surface area contributed by atoms with Crippen LogP contribution >= 0.6 is 23.4 Å². The van der Waals surface area contributed by atoms with Crippen LogP contribution < -0.4 is 10.2 Å². The third-order valence-electron chi connectivity index (χ3n) is 2.98. The Balaban J connectivity index is 1.82. The molecule has 0 spiro atoms. The highest BCUT2D eigenvalue weighted by molar-refractivity contribution is 7.99. The number of thioether (sulfide) groups is 1. The normalized spacial score (nSPS) is 10.6. The van der Waals surface area contributed by atoms with Crippen molar-refractivity contribution in [3.05, 3.63) is 59.1 Å². The van der Waals surface area contributed by atoms with E-state index in [-0.39, 0.29) is 0 Å². The molecule has 2 aromatic carbocycles. The Kier molecular flexibility index (Phi) is 8.15. The quantitative estimate of drug-likeness (QED) is 0.316. The maximum absolute atomic E-state index is 11.2. The Morgan fingerprint density at radius 1 is 1.24 bits per heavy atom. The third-order valence-corrected chi connectivity index (χ3v) is 4.21. The molecule has 0 unspecified atom stereocenters. The number of para-hydroxylation sites is 1. The van der Waals surface area contributed by atoms with E-state index in [9.17, 15) is 4.79 Å². The molecule has 0 atom stereocenters. The van der Waals surface area contributed by atoms with Gasteiger partial charge in [-0.2, -0.15) is 5.10 Å². The summed E-state index contributed by atoms with van der Waals surface area (Å²) in [7, 11) is 0. The second kappa shape index (κ2) is 10.6. The summed E-state index contributed by atoms with van der Waals surface area (Å²) in [5.41, 5.74) is 3.06. The van der Waals surface area contributed by atoms with Crippen LogP contribution in [0.1, 0.15) is 12.5 Å². The highest BCUT2D eigenvalue weighted by Gasteiger charge is 2.02. The van der Waals surface area contributed by atoms with Crippen LogP contribution in [0.3, 0.4) is 0 Å². The average Bonchev–Trinajstić information content (AvgIpc) is 2.61. The van der Waals surface area contributed by atoms with Crippen molar-refractivity contribution in [1.29, 1.82) is 0 Å². The van der Waals surface area contributed by atoms with Gasteiger partial charge in [0.25, 0.3) is 0 Å².